The van der Waals surface area contributed by atoms with Gasteiger partial charge in [0, 0.05) is 0 Å². The molecule has 0 saturated heterocycles. The second-order valence-electron chi connectivity index (χ2n) is 5.88. The quantitative estimate of drug-likeness (QED) is 0.483. The van der Waals surface area contributed by atoms with E-state index in [0.29, 0.717) is 6.61 Å². The van der Waals surface area contributed by atoms with E-state index in [0.717, 1.165) is 16.7 Å². The third-order valence-electron chi connectivity index (χ3n) is 3.91. The molecule has 21 heavy (non-hydrogen) atoms. The van der Waals surface area contributed by atoms with E-state index in [1.165, 1.54) is 5.19 Å². The molecule has 2 aromatic carbocycles. The number of cyclic esters (lactones) is 1. The Hall–Kier alpha value is -2.13. The van der Waals surface area contributed by atoms with E-state index in [1.54, 1.807) is 0 Å². The first kappa shape index (κ1) is 13.8. The molecule has 0 saturated carbocycles. The molecule has 0 unspecified atom stereocenters. The normalized spacial score (nSPS) is 16.5. The lowest BCUT2D eigenvalue weighted by atomic mass is 9.99. The highest BCUT2D eigenvalue weighted by Gasteiger charge is 2.28. The summed E-state index contributed by atoms with van der Waals surface area (Å²) in [6.45, 7) is 4.87. The molecular formula is C18H18O2Si. The van der Waals surface area contributed by atoms with E-state index < -0.39 is 8.07 Å². The first-order valence-electron chi connectivity index (χ1n) is 7.12. The molecule has 106 valence electrons. The van der Waals surface area contributed by atoms with Crippen LogP contribution in [0.5, 0.6) is 0 Å². The van der Waals surface area contributed by atoms with Crippen molar-refractivity contribution >= 4 is 24.8 Å². The van der Waals surface area contributed by atoms with Gasteiger partial charge >= 0.3 is 5.97 Å². The molecular weight excluding hydrogens is 276 g/mol. The monoisotopic (exact) mass is 294 g/mol. The van der Waals surface area contributed by atoms with Crippen molar-refractivity contribution in [1.29, 1.82) is 0 Å². The Morgan fingerprint density at radius 3 is 2.43 bits per heavy atom. The maximum absolute atomic E-state index is 12.2. The van der Waals surface area contributed by atoms with Crippen LogP contribution in [-0.4, -0.2) is 14.0 Å². The van der Waals surface area contributed by atoms with Gasteiger partial charge in [-0.15, -0.1) is 0 Å². The fourth-order valence-corrected chi connectivity index (χ4v) is 4.90. The van der Waals surface area contributed by atoms with Crippen LogP contribution in [0, 0.1) is 0 Å². The number of hydrogen-bond donors (Lipinski definition) is 0. The Kier molecular flexibility index (Phi) is 3.51. The number of hydrogen-bond acceptors (Lipinski definition) is 2. The van der Waals surface area contributed by atoms with E-state index >= 15 is 0 Å². The first-order valence-corrected chi connectivity index (χ1v) is 10.2. The highest BCUT2D eigenvalue weighted by Crippen LogP contribution is 2.28. The van der Waals surface area contributed by atoms with Gasteiger partial charge in [-0.05, 0) is 11.1 Å². The third-order valence-corrected chi connectivity index (χ3v) is 6.74. The second-order valence-corrected chi connectivity index (χ2v) is 10.2. The van der Waals surface area contributed by atoms with Gasteiger partial charge < -0.3 is 4.74 Å². The van der Waals surface area contributed by atoms with Crippen LogP contribution in [0.4, 0.5) is 0 Å². The van der Waals surface area contributed by atoms with Gasteiger partial charge in [-0.3, -0.25) is 0 Å². The Morgan fingerprint density at radius 2 is 1.67 bits per heavy atom. The van der Waals surface area contributed by atoms with Gasteiger partial charge in [0.25, 0.3) is 0 Å². The van der Waals surface area contributed by atoms with Crippen molar-refractivity contribution < 1.29 is 9.53 Å². The van der Waals surface area contributed by atoms with E-state index in [1.807, 2.05) is 30.3 Å². The summed E-state index contributed by atoms with van der Waals surface area (Å²) < 4.78 is 5.31. The molecule has 0 amide bonds. The highest BCUT2D eigenvalue weighted by molar-refractivity contribution is 6.94. The van der Waals surface area contributed by atoms with Gasteiger partial charge in [0.15, 0.2) is 0 Å². The number of rotatable bonds is 2. The molecule has 1 heterocycles. The van der Waals surface area contributed by atoms with Gasteiger partial charge in [0.05, 0.1) is 5.57 Å². The smallest absolute Gasteiger partial charge is 0.338 e. The Labute approximate surface area is 126 Å². The molecule has 3 rings (SSSR count). The minimum Gasteiger partial charge on any atom is -0.457 e. The largest absolute Gasteiger partial charge is 0.457 e. The maximum atomic E-state index is 12.2. The predicted octanol–water partition coefficient (Wildman–Crippen LogP) is 3.28. The minimum atomic E-state index is -1.84. The van der Waals surface area contributed by atoms with Crippen LogP contribution < -0.4 is 5.19 Å². The van der Waals surface area contributed by atoms with Gasteiger partial charge in [-0.25, -0.2) is 4.79 Å². The van der Waals surface area contributed by atoms with Crippen LogP contribution in [0.15, 0.2) is 60.3 Å². The first-order chi connectivity index (χ1) is 10.1. The van der Waals surface area contributed by atoms with Crippen LogP contribution in [0.1, 0.15) is 11.1 Å². The Bertz CT molecular complexity index is 702. The summed E-state index contributed by atoms with van der Waals surface area (Å²) in [5.74, 6) is -0.204. The zero-order valence-corrected chi connectivity index (χ0v) is 13.3. The number of fused-ring (bicyclic) bond motifs is 1. The SMILES string of the molecule is C[Si](C)(/C=C1\C(=O)OCc2ccccc21)c1ccccc1. The molecule has 0 radical (unpaired) electrons. The highest BCUT2D eigenvalue weighted by atomic mass is 28.3. The van der Waals surface area contributed by atoms with Crippen molar-refractivity contribution in [2.45, 2.75) is 19.7 Å². The average Bonchev–Trinajstić information content (AvgIpc) is 2.51. The topological polar surface area (TPSA) is 26.3 Å². The second kappa shape index (κ2) is 5.33. The molecule has 0 fully saturated rings. The average molecular weight is 294 g/mol. The van der Waals surface area contributed by atoms with Crippen molar-refractivity contribution in [2.24, 2.45) is 0 Å². The van der Waals surface area contributed by atoms with E-state index in [9.17, 15) is 4.79 Å². The third kappa shape index (κ3) is 2.69. The Balaban J connectivity index is 2.09. The van der Waals surface area contributed by atoms with Crippen molar-refractivity contribution in [3.63, 3.8) is 0 Å². The van der Waals surface area contributed by atoms with Gasteiger partial charge in [-0.2, -0.15) is 0 Å². The fraction of sp³-hybridized carbons (Fsp3) is 0.167. The molecule has 0 bridgehead atoms. The summed E-state index contributed by atoms with van der Waals surface area (Å²) in [6, 6.07) is 18.4. The number of ether oxygens (including phenoxy) is 1. The molecule has 2 nitrogen and oxygen atoms in total. The molecule has 0 aliphatic carbocycles. The molecule has 0 N–H and O–H groups in total. The van der Waals surface area contributed by atoms with Crippen molar-refractivity contribution in [3.8, 4) is 0 Å². The lowest BCUT2D eigenvalue weighted by Crippen LogP contribution is -2.40. The maximum Gasteiger partial charge on any atom is 0.338 e. The van der Waals surface area contributed by atoms with E-state index in [4.69, 9.17) is 4.74 Å². The van der Waals surface area contributed by atoms with Crippen molar-refractivity contribution in [3.05, 3.63) is 71.4 Å². The molecule has 2 aromatic rings. The zero-order chi connectivity index (χ0) is 14.9. The van der Waals surface area contributed by atoms with E-state index in [2.05, 4.69) is 43.1 Å². The van der Waals surface area contributed by atoms with Crippen molar-refractivity contribution in [1.82, 2.24) is 0 Å². The summed E-state index contributed by atoms with van der Waals surface area (Å²) in [5, 5.41) is 1.31. The summed E-state index contributed by atoms with van der Waals surface area (Å²) in [5.41, 5.74) is 4.98. The molecule has 3 heteroatoms. The number of esters is 1. The van der Waals surface area contributed by atoms with Gasteiger partial charge in [0.1, 0.15) is 14.7 Å². The molecule has 0 spiro atoms. The van der Waals surface area contributed by atoms with Crippen LogP contribution in [0.25, 0.3) is 5.57 Å². The van der Waals surface area contributed by atoms with Gasteiger partial charge in [-0.1, -0.05) is 78.6 Å². The minimum absolute atomic E-state index is 0.204. The number of carbonyl (C=O) groups excluding carboxylic acids is 1. The fourth-order valence-electron chi connectivity index (χ4n) is 2.69. The molecule has 1 aliphatic rings. The summed E-state index contributed by atoms with van der Waals surface area (Å²) in [7, 11) is -1.84. The summed E-state index contributed by atoms with van der Waals surface area (Å²) >= 11 is 0. The lowest BCUT2D eigenvalue weighted by molar-refractivity contribution is -0.138. The predicted molar refractivity (Wildman–Crippen MR) is 87.8 cm³/mol. The van der Waals surface area contributed by atoms with Crippen LogP contribution in [0.2, 0.25) is 13.1 Å². The standard InChI is InChI=1S/C18H18O2Si/c1-21(2,15-9-4-3-5-10-15)13-17-16-11-7-6-8-14(16)12-20-18(17)19/h3-11,13H,12H2,1-2H3/b17-13-. The van der Waals surface area contributed by atoms with Crippen molar-refractivity contribution in [2.75, 3.05) is 0 Å². The number of carbonyl (C=O) groups is 1. The zero-order valence-electron chi connectivity index (χ0n) is 12.3. The summed E-state index contributed by atoms with van der Waals surface area (Å²) in [6.07, 6.45) is 0. The van der Waals surface area contributed by atoms with Crippen LogP contribution >= 0.6 is 0 Å². The van der Waals surface area contributed by atoms with Crippen LogP contribution in [0.3, 0.4) is 0 Å². The van der Waals surface area contributed by atoms with E-state index in [-0.39, 0.29) is 5.97 Å². The Morgan fingerprint density at radius 1 is 1.00 bits per heavy atom. The molecule has 0 atom stereocenters. The van der Waals surface area contributed by atoms with Crippen LogP contribution in [-0.2, 0) is 16.1 Å². The molecule has 0 aromatic heterocycles. The summed E-state index contributed by atoms with van der Waals surface area (Å²) in [4.78, 5) is 12.2. The lowest BCUT2D eigenvalue weighted by Gasteiger charge is -2.24. The van der Waals surface area contributed by atoms with Gasteiger partial charge in [0.2, 0.25) is 0 Å². The molecule has 1 aliphatic heterocycles. The number of benzene rings is 2.